The highest BCUT2D eigenvalue weighted by Gasteiger charge is 2.11. The number of nitrogens with one attached hydrogen (secondary N) is 2. The molecule has 30 heavy (non-hydrogen) atoms. The molecule has 3 aromatic rings. The van der Waals surface area contributed by atoms with Crippen molar-refractivity contribution < 1.29 is 19.0 Å². The Kier molecular flexibility index (Phi) is 6.63. The molecule has 0 atom stereocenters. The van der Waals surface area contributed by atoms with Gasteiger partial charge in [-0.25, -0.2) is 10.4 Å². The van der Waals surface area contributed by atoms with Crippen LogP contribution in [0, 0.1) is 0 Å². The molecular weight excluding hydrogens is 388 g/mol. The highest BCUT2D eigenvalue weighted by molar-refractivity contribution is 5.86. The topological polar surface area (TPSA) is 115 Å². The summed E-state index contributed by atoms with van der Waals surface area (Å²) in [5.41, 5.74) is 4.36. The number of benzene rings is 2. The second-order valence-corrected chi connectivity index (χ2v) is 6.27. The molecule has 0 unspecified atom stereocenters. The fourth-order valence-corrected chi connectivity index (χ4v) is 2.85. The van der Waals surface area contributed by atoms with Crippen LogP contribution in [0.4, 0.5) is 0 Å². The molecule has 1 aromatic heterocycles. The smallest absolute Gasteiger partial charge is 0.270 e. The Morgan fingerprint density at radius 3 is 2.53 bits per heavy atom. The molecule has 0 bridgehead atoms. The van der Waals surface area contributed by atoms with Crippen molar-refractivity contribution in [3.05, 3.63) is 58.0 Å². The third kappa shape index (κ3) is 4.75. The van der Waals surface area contributed by atoms with Gasteiger partial charge in [0.1, 0.15) is 11.4 Å². The number of nitrogens with zero attached hydrogens (tertiary/aromatic N) is 2. The number of ether oxygens (including phenoxy) is 3. The Bertz CT molecular complexity index is 1140. The predicted molar refractivity (Wildman–Crippen MR) is 113 cm³/mol. The number of aryl methyl sites for hydroxylation is 1. The number of fused-ring (bicyclic) bond motifs is 1. The van der Waals surface area contributed by atoms with Crippen molar-refractivity contribution in [1.82, 2.24) is 15.4 Å². The van der Waals surface area contributed by atoms with Crippen LogP contribution < -0.4 is 25.2 Å². The summed E-state index contributed by atoms with van der Waals surface area (Å²) in [6.45, 7) is 0. The van der Waals surface area contributed by atoms with Crippen LogP contribution in [-0.2, 0) is 11.2 Å². The summed E-state index contributed by atoms with van der Waals surface area (Å²) in [5.74, 6) is 1.19. The number of hydrazone groups is 1. The third-order valence-electron chi connectivity index (χ3n) is 4.39. The number of para-hydroxylation sites is 2. The highest BCUT2D eigenvalue weighted by Crippen LogP contribution is 2.33. The first kappa shape index (κ1) is 20.8. The van der Waals surface area contributed by atoms with Crippen molar-refractivity contribution in [1.29, 1.82) is 0 Å². The number of hydrogen-bond donors (Lipinski definition) is 2. The van der Waals surface area contributed by atoms with E-state index >= 15 is 0 Å². The number of rotatable bonds is 8. The lowest BCUT2D eigenvalue weighted by Gasteiger charge is -2.11. The average Bonchev–Trinajstić information content (AvgIpc) is 2.77. The molecule has 9 nitrogen and oxygen atoms in total. The van der Waals surface area contributed by atoms with E-state index in [9.17, 15) is 9.59 Å². The van der Waals surface area contributed by atoms with Crippen LogP contribution in [0.3, 0.4) is 0 Å². The molecule has 9 heteroatoms. The molecule has 156 valence electrons. The number of carbonyl (C=O) groups is 1. The van der Waals surface area contributed by atoms with Crippen LogP contribution in [0.25, 0.3) is 11.0 Å². The Morgan fingerprint density at radius 1 is 1.10 bits per heavy atom. The lowest BCUT2D eigenvalue weighted by molar-refractivity contribution is -0.121. The third-order valence-corrected chi connectivity index (χ3v) is 4.39. The van der Waals surface area contributed by atoms with Crippen LogP contribution in [0.2, 0.25) is 0 Å². The van der Waals surface area contributed by atoms with E-state index in [0.717, 1.165) is 0 Å². The van der Waals surface area contributed by atoms with E-state index in [1.54, 1.807) is 24.3 Å². The number of methoxy groups -OCH3 is 3. The van der Waals surface area contributed by atoms with Gasteiger partial charge in [0.25, 0.3) is 5.56 Å². The number of H-pyrrole nitrogens is 1. The van der Waals surface area contributed by atoms with Gasteiger partial charge in [-0.15, -0.1) is 0 Å². The number of aromatic amines is 1. The van der Waals surface area contributed by atoms with Crippen LogP contribution >= 0.6 is 0 Å². The van der Waals surface area contributed by atoms with Crippen molar-refractivity contribution in [3.63, 3.8) is 0 Å². The summed E-state index contributed by atoms with van der Waals surface area (Å²) < 4.78 is 15.8. The van der Waals surface area contributed by atoms with Crippen molar-refractivity contribution in [2.45, 2.75) is 12.8 Å². The summed E-state index contributed by atoms with van der Waals surface area (Å²) in [6, 6.07) is 10.6. The zero-order valence-electron chi connectivity index (χ0n) is 16.9. The maximum absolute atomic E-state index is 12.1. The first-order valence-electron chi connectivity index (χ1n) is 9.15. The van der Waals surface area contributed by atoms with E-state index < -0.39 is 0 Å². The molecule has 0 fully saturated rings. The Labute approximate surface area is 172 Å². The maximum atomic E-state index is 12.1. The predicted octanol–water partition coefficient (Wildman–Crippen LogP) is 2.03. The van der Waals surface area contributed by atoms with Crippen LogP contribution in [0.15, 0.2) is 46.3 Å². The van der Waals surface area contributed by atoms with Crippen molar-refractivity contribution in [2.75, 3.05) is 21.3 Å². The van der Waals surface area contributed by atoms with Gasteiger partial charge in [0.15, 0.2) is 11.5 Å². The van der Waals surface area contributed by atoms with E-state index in [-0.39, 0.29) is 24.3 Å². The minimum absolute atomic E-state index is 0.0643. The van der Waals surface area contributed by atoms with Crippen LogP contribution in [-0.4, -0.2) is 43.4 Å². The average molecular weight is 410 g/mol. The molecule has 2 aromatic carbocycles. The minimum Gasteiger partial charge on any atom is -0.496 e. The molecule has 0 saturated heterocycles. The molecular formula is C21H22N4O5. The molecule has 1 amide bonds. The fourth-order valence-electron chi connectivity index (χ4n) is 2.85. The van der Waals surface area contributed by atoms with Gasteiger partial charge in [-0.1, -0.05) is 12.1 Å². The molecule has 0 saturated carbocycles. The van der Waals surface area contributed by atoms with E-state index in [1.165, 1.54) is 27.5 Å². The number of hydrogen-bond acceptors (Lipinski definition) is 7. The fraction of sp³-hybridized carbons (Fsp3) is 0.238. The molecule has 0 spiro atoms. The minimum atomic E-state index is -0.347. The van der Waals surface area contributed by atoms with Crippen molar-refractivity contribution in [3.8, 4) is 17.2 Å². The van der Waals surface area contributed by atoms with Gasteiger partial charge in [0.05, 0.1) is 38.6 Å². The molecule has 3 rings (SSSR count). The van der Waals surface area contributed by atoms with Gasteiger partial charge in [-0.2, -0.15) is 5.10 Å². The monoisotopic (exact) mass is 410 g/mol. The van der Waals surface area contributed by atoms with Gasteiger partial charge in [0.2, 0.25) is 5.91 Å². The maximum Gasteiger partial charge on any atom is 0.270 e. The second-order valence-electron chi connectivity index (χ2n) is 6.27. The van der Waals surface area contributed by atoms with E-state index in [0.29, 0.717) is 39.5 Å². The number of aromatic nitrogens is 2. The van der Waals surface area contributed by atoms with Crippen molar-refractivity contribution >= 4 is 23.2 Å². The normalized spacial score (nSPS) is 10.9. The van der Waals surface area contributed by atoms with Crippen LogP contribution in [0.1, 0.15) is 17.7 Å². The van der Waals surface area contributed by atoms with Gasteiger partial charge in [0, 0.05) is 24.5 Å². The quantitative estimate of drug-likeness (QED) is 0.434. The molecule has 0 radical (unpaired) electrons. The summed E-state index contributed by atoms with van der Waals surface area (Å²) in [6.07, 6.45) is 1.70. The summed E-state index contributed by atoms with van der Waals surface area (Å²) in [5, 5.41) is 3.96. The van der Waals surface area contributed by atoms with Crippen LogP contribution in [0.5, 0.6) is 17.2 Å². The summed E-state index contributed by atoms with van der Waals surface area (Å²) >= 11 is 0. The zero-order chi connectivity index (χ0) is 21.5. The lowest BCUT2D eigenvalue weighted by atomic mass is 10.2. The summed E-state index contributed by atoms with van der Waals surface area (Å²) in [4.78, 5) is 31.3. The molecule has 1 heterocycles. The Balaban J connectivity index is 1.64. The second kappa shape index (κ2) is 9.55. The lowest BCUT2D eigenvalue weighted by Crippen LogP contribution is -2.21. The molecule has 0 aliphatic heterocycles. The van der Waals surface area contributed by atoms with Gasteiger partial charge >= 0.3 is 0 Å². The first-order valence-corrected chi connectivity index (χ1v) is 9.15. The van der Waals surface area contributed by atoms with Gasteiger partial charge in [-0.05, 0) is 18.2 Å². The largest absolute Gasteiger partial charge is 0.496 e. The molecule has 0 aliphatic carbocycles. The standard InChI is InChI=1S/C21H22N4O5/c1-28-17-11-19(30-3)18(29-2)10-13(17)12-22-25-20(26)9-8-16-21(27)24-15-7-5-4-6-14(15)23-16/h4-7,10-12H,8-9H2,1-3H3,(H,24,27)(H,25,26)/b22-12+. The first-order chi connectivity index (χ1) is 14.5. The van der Waals surface area contributed by atoms with Gasteiger partial charge < -0.3 is 19.2 Å². The molecule has 0 aliphatic rings. The number of carbonyl (C=O) groups excluding carboxylic acids is 1. The summed E-state index contributed by atoms with van der Waals surface area (Å²) in [7, 11) is 4.57. The van der Waals surface area contributed by atoms with E-state index in [4.69, 9.17) is 14.2 Å². The SMILES string of the molecule is COc1cc(OC)c(OC)cc1/C=N/NC(=O)CCc1nc2ccccc2[nH]c1=O. The van der Waals surface area contributed by atoms with E-state index in [1.807, 2.05) is 12.1 Å². The van der Waals surface area contributed by atoms with Crippen molar-refractivity contribution in [2.24, 2.45) is 5.10 Å². The molecule has 2 N–H and O–H groups in total. The Morgan fingerprint density at radius 2 is 1.80 bits per heavy atom. The van der Waals surface area contributed by atoms with E-state index in [2.05, 4.69) is 20.5 Å². The van der Waals surface area contributed by atoms with Gasteiger partial charge in [-0.3, -0.25) is 9.59 Å². The highest BCUT2D eigenvalue weighted by atomic mass is 16.5. The Hall–Kier alpha value is -3.88. The zero-order valence-corrected chi connectivity index (χ0v) is 16.9. The number of amides is 1.